The third-order valence-electron chi connectivity index (χ3n) is 6.10. The van der Waals surface area contributed by atoms with Crippen LogP contribution in [0.25, 0.3) is 0 Å². The van der Waals surface area contributed by atoms with Crippen molar-refractivity contribution in [3.05, 3.63) is 0 Å². The maximum absolute atomic E-state index is 6.22. The van der Waals surface area contributed by atoms with Gasteiger partial charge in [0.2, 0.25) is 0 Å². The Kier molecular flexibility index (Phi) is 5.19. The molecule has 1 N–H and O–H groups in total. The summed E-state index contributed by atoms with van der Waals surface area (Å²) >= 11 is 2.09. The zero-order chi connectivity index (χ0) is 14.8. The van der Waals surface area contributed by atoms with Crippen LogP contribution in [0, 0.1) is 0 Å². The molecule has 1 spiro atoms. The first kappa shape index (κ1) is 16.1. The highest BCUT2D eigenvalue weighted by molar-refractivity contribution is 7.99. The number of nitrogens with one attached hydrogen (secondary N) is 1. The number of hydrogen-bond donors (Lipinski definition) is 1. The number of rotatable bonds is 4. The molecule has 0 amide bonds. The maximum Gasteiger partial charge on any atom is 0.0713 e. The van der Waals surface area contributed by atoms with Gasteiger partial charge in [-0.25, -0.2) is 0 Å². The minimum Gasteiger partial charge on any atom is -0.375 e. The van der Waals surface area contributed by atoms with Crippen molar-refractivity contribution in [2.45, 2.75) is 68.5 Å². The van der Waals surface area contributed by atoms with Gasteiger partial charge in [0.1, 0.15) is 0 Å². The Hall–Kier alpha value is 0.230. The first-order valence-electron chi connectivity index (χ1n) is 8.77. The summed E-state index contributed by atoms with van der Waals surface area (Å²) in [5.74, 6) is 2.57. The second kappa shape index (κ2) is 6.77. The molecule has 3 fully saturated rings. The van der Waals surface area contributed by atoms with Crippen LogP contribution in [-0.4, -0.2) is 60.8 Å². The molecule has 0 aromatic carbocycles. The van der Waals surface area contributed by atoms with E-state index in [1.165, 1.54) is 62.9 Å². The lowest BCUT2D eigenvalue weighted by Gasteiger charge is -2.45. The highest BCUT2D eigenvalue weighted by Crippen LogP contribution is 2.38. The number of thioether (sulfide) groups is 1. The van der Waals surface area contributed by atoms with Crippen LogP contribution in [0.5, 0.6) is 0 Å². The molecule has 2 saturated heterocycles. The number of hydrogen-bond acceptors (Lipinski definition) is 4. The molecule has 2 aliphatic heterocycles. The molecular formula is C17H32N2OS. The Morgan fingerprint density at radius 2 is 1.86 bits per heavy atom. The molecule has 0 aromatic heterocycles. The van der Waals surface area contributed by atoms with Crippen molar-refractivity contribution >= 4 is 11.8 Å². The molecule has 1 atom stereocenters. The predicted octanol–water partition coefficient (Wildman–Crippen LogP) is 2.90. The molecule has 3 aliphatic rings. The second-order valence-corrected chi connectivity index (χ2v) is 8.77. The number of nitrogens with zero attached hydrogens (tertiary/aromatic N) is 1. The summed E-state index contributed by atoms with van der Waals surface area (Å²) in [4.78, 5) is 2.47. The molecule has 3 rings (SSSR count). The van der Waals surface area contributed by atoms with Gasteiger partial charge in [-0.15, -0.1) is 0 Å². The fraction of sp³-hybridized carbons (Fsp3) is 1.00. The molecule has 21 heavy (non-hydrogen) atoms. The molecule has 4 heteroatoms. The van der Waals surface area contributed by atoms with Crippen LogP contribution in [0.15, 0.2) is 0 Å². The van der Waals surface area contributed by atoms with Gasteiger partial charge in [0, 0.05) is 24.7 Å². The van der Waals surface area contributed by atoms with Gasteiger partial charge >= 0.3 is 0 Å². The van der Waals surface area contributed by atoms with E-state index in [2.05, 4.69) is 36.1 Å². The van der Waals surface area contributed by atoms with Gasteiger partial charge in [0.25, 0.3) is 0 Å². The lowest BCUT2D eigenvalue weighted by atomic mass is 9.85. The van der Waals surface area contributed by atoms with Crippen molar-refractivity contribution in [2.24, 2.45) is 0 Å². The maximum atomic E-state index is 6.22. The van der Waals surface area contributed by atoms with Crippen molar-refractivity contribution in [3.63, 3.8) is 0 Å². The molecule has 0 bridgehead atoms. The minimum atomic E-state index is 0.210. The standard InChI is InChI=1S/C17H32N2OS/c1-19(2)16(6-3-4-7-16)14-18-15-5-10-20-17(13-15)8-11-21-12-9-17/h15,18H,3-14H2,1-2H3. The Balaban J connectivity index is 1.55. The smallest absolute Gasteiger partial charge is 0.0713 e. The summed E-state index contributed by atoms with van der Waals surface area (Å²) in [5.41, 5.74) is 0.621. The van der Waals surface area contributed by atoms with E-state index in [0.29, 0.717) is 11.6 Å². The minimum absolute atomic E-state index is 0.210. The van der Waals surface area contributed by atoms with Crippen molar-refractivity contribution in [3.8, 4) is 0 Å². The molecule has 3 nitrogen and oxygen atoms in total. The highest BCUT2D eigenvalue weighted by atomic mass is 32.2. The molecule has 0 radical (unpaired) electrons. The van der Waals surface area contributed by atoms with E-state index in [0.717, 1.165) is 13.2 Å². The van der Waals surface area contributed by atoms with Gasteiger partial charge in [-0.2, -0.15) is 11.8 Å². The normalized spacial score (nSPS) is 31.9. The Morgan fingerprint density at radius 1 is 1.14 bits per heavy atom. The molecule has 2 heterocycles. The van der Waals surface area contributed by atoms with E-state index in [-0.39, 0.29) is 5.60 Å². The quantitative estimate of drug-likeness (QED) is 0.863. The van der Waals surface area contributed by atoms with Gasteiger partial charge in [-0.05, 0) is 64.1 Å². The summed E-state index contributed by atoms with van der Waals surface area (Å²) in [6.07, 6.45) is 10.5. The first-order chi connectivity index (χ1) is 10.1. The van der Waals surface area contributed by atoms with E-state index >= 15 is 0 Å². The zero-order valence-electron chi connectivity index (χ0n) is 13.8. The predicted molar refractivity (Wildman–Crippen MR) is 91.2 cm³/mol. The Labute approximate surface area is 134 Å². The van der Waals surface area contributed by atoms with E-state index in [4.69, 9.17) is 4.74 Å². The van der Waals surface area contributed by atoms with Crippen molar-refractivity contribution in [2.75, 3.05) is 38.8 Å². The summed E-state index contributed by atoms with van der Waals surface area (Å²) in [5, 5.41) is 3.93. The van der Waals surface area contributed by atoms with Crippen molar-refractivity contribution < 1.29 is 4.74 Å². The zero-order valence-corrected chi connectivity index (χ0v) is 14.6. The van der Waals surface area contributed by atoms with Crippen LogP contribution < -0.4 is 5.32 Å². The summed E-state index contributed by atoms with van der Waals surface area (Å²) in [6, 6.07) is 0.666. The summed E-state index contributed by atoms with van der Waals surface area (Å²) < 4.78 is 6.22. The highest BCUT2D eigenvalue weighted by Gasteiger charge is 2.40. The van der Waals surface area contributed by atoms with Crippen LogP contribution in [0.2, 0.25) is 0 Å². The summed E-state index contributed by atoms with van der Waals surface area (Å²) in [7, 11) is 4.52. The van der Waals surface area contributed by atoms with E-state index in [1.54, 1.807) is 0 Å². The van der Waals surface area contributed by atoms with Gasteiger partial charge in [-0.3, -0.25) is 0 Å². The molecular weight excluding hydrogens is 280 g/mol. The molecule has 122 valence electrons. The van der Waals surface area contributed by atoms with E-state index in [1.807, 2.05) is 0 Å². The number of ether oxygens (including phenoxy) is 1. The molecule has 1 saturated carbocycles. The lowest BCUT2D eigenvalue weighted by Crippen LogP contribution is -2.55. The topological polar surface area (TPSA) is 24.5 Å². The third-order valence-corrected chi connectivity index (χ3v) is 7.09. The first-order valence-corrected chi connectivity index (χ1v) is 9.92. The average Bonchev–Trinajstić information content (AvgIpc) is 2.96. The van der Waals surface area contributed by atoms with Crippen LogP contribution in [0.3, 0.4) is 0 Å². The lowest BCUT2D eigenvalue weighted by molar-refractivity contribution is -0.0941. The van der Waals surface area contributed by atoms with Gasteiger partial charge in [0.15, 0.2) is 0 Å². The number of likely N-dealkylation sites (N-methyl/N-ethyl adjacent to an activating group) is 1. The van der Waals surface area contributed by atoms with Gasteiger partial charge in [-0.1, -0.05) is 12.8 Å². The van der Waals surface area contributed by atoms with Crippen LogP contribution >= 0.6 is 11.8 Å². The molecule has 1 unspecified atom stereocenters. The van der Waals surface area contributed by atoms with E-state index < -0.39 is 0 Å². The van der Waals surface area contributed by atoms with Crippen LogP contribution in [0.4, 0.5) is 0 Å². The largest absolute Gasteiger partial charge is 0.375 e. The Morgan fingerprint density at radius 3 is 2.52 bits per heavy atom. The fourth-order valence-corrected chi connectivity index (χ4v) is 5.68. The SMILES string of the molecule is CN(C)C1(CNC2CCOC3(CCSCC3)C2)CCCC1. The van der Waals surface area contributed by atoms with Crippen LogP contribution in [-0.2, 0) is 4.74 Å². The Bertz CT molecular complexity index is 330. The molecule has 0 aromatic rings. The monoisotopic (exact) mass is 312 g/mol. The van der Waals surface area contributed by atoms with Crippen molar-refractivity contribution in [1.82, 2.24) is 10.2 Å². The van der Waals surface area contributed by atoms with Gasteiger partial charge < -0.3 is 15.0 Å². The third kappa shape index (κ3) is 3.60. The second-order valence-electron chi connectivity index (χ2n) is 7.54. The van der Waals surface area contributed by atoms with Crippen LogP contribution in [0.1, 0.15) is 51.4 Å². The molecule has 1 aliphatic carbocycles. The van der Waals surface area contributed by atoms with E-state index in [9.17, 15) is 0 Å². The van der Waals surface area contributed by atoms with Crippen molar-refractivity contribution in [1.29, 1.82) is 0 Å². The summed E-state index contributed by atoms with van der Waals surface area (Å²) in [6.45, 7) is 2.12. The van der Waals surface area contributed by atoms with Gasteiger partial charge in [0.05, 0.1) is 5.60 Å². The fourth-order valence-electron chi connectivity index (χ4n) is 4.44. The average molecular weight is 313 g/mol.